The summed E-state index contributed by atoms with van der Waals surface area (Å²) in [7, 11) is -1.43. The van der Waals surface area contributed by atoms with Crippen LogP contribution in [0.25, 0.3) is 0 Å². The number of fused-ring (bicyclic) bond motifs is 1. The molecule has 0 saturated carbocycles. The van der Waals surface area contributed by atoms with Crippen molar-refractivity contribution in [1.82, 2.24) is 19.4 Å². The van der Waals surface area contributed by atoms with Crippen LogP contribution >= 0.6 is 0 Å². The molecule has 22 heavy (non-hydrogen) atoms. The fraction of sp³-hybridized carbons (Fsp3) is 0.400. The van der Waals surface area contributed by atoms with Gasteiger partial charge in [-0.25, -0.2) is 13.1 Å². The highest BCUT2D eigenvalue weighted by molar-refractivity contribution is 7.89. The van der Waals surface area contributed by atoms with E-state index in [-0.39, 0.29) is 6.04 Å². The zero-order valence-corrected chi connectivity index (χ0v) is 13.3. The molecule has 3 rings (SSSR count). The van der Waals surface area contributed by atoms with Gasteiger partial charge >= 0.3 is 0 Å². The fourth-order valence-corrected chi connectivity index (χ4v) is 3.81. The molecule has 2 heterocycles. The molecule has 7 heteroatoms. The standard InChI is InChI=1S/C15H20N4O2S/c1-18-12-14-7-9-16-19(14)10-8-13(18)11-17-22(20,21)15-5-3-2-4-6-15/h2-7,9,13,17H,8,10-12H2,1H3/t13-/m1/s1. The summed E-state index contributed by atoms with van der Waals surface area (Å²) in [5.74, 6) is 0. The average Bonchev–Trinajstić information content (AvgIpc) is 2.89. The van der Waals surface area contributed by atoms with Gasteiger partial charge in [-0.15, -0.1) is 0 Å². The van der Waals surface area contributed by atoms with Gasteiger partial charge in [0.15, 0.2) is 0 Å². The number of rotatable bonds is 4. The zero-order valence-electron chi connectivity index (χ0n) is 12.5. The van der Waals surface area contributed by atoms with E-state index in [4.69, 9.17) is 0 Å². The number of likely N-dealkylation sites (N-methyl/N-ethyl adjacent to an activating group) is 1. The Morgan fingerprint density at radius 3 is 2.82 bits per heavy atom. The number of aryl methyl sites for hydroxylation is 1. The molecule has 0 radical (unpaired) electrons. The summed E-state index contributed by atoms with van der Waals surface area (Å²) >= 11 is 0. The van der Waals surface area contributed by atoms with E-state index in [0.717, 1.165) is 25.2 Å². The van der Waals surface area contributed by atoms with Gasteiger partial charge in [0.2, 0.25) is 10.0 Å². The number of benzene rings is 1. The third kappa shape index (κ3) is 3.21. The summed E-state index contributed by atoms with van der Waals surface area (Å²) < 4.78 is 29.3. The lowest BCUT2D eigenvalue weighted by molar-refractivity contribution is 0.231. The smallest absolute Gasteiger partial charge is 0.240 e. The first-order valence-electron chi connectivity index (χ1n) is 7.32. The van der Waals surface area contributed by atoms with Crippen molar-refractivity contribution in [3.63, 3.8) is 0 Å². The predicted octanol–water partition coefficient (Wildman–Crippen LogP) is 1.07. The first-order valence-corrected chi connectivity index (χ1v) is 8.80. The van der Waals surface area contributed by atoms with Crippen LogP contribution in [0, 0.1) is 0 Å². The van der Waals surface area contributed by atoms with E-state index in [1.807, 2.05) is 24.0 Å². The molecular formula is C15H20N4O2S. The van der Waals surface area contributed by atoms with Crippen molar-refractivity contribution in [1.29, 1.82) is 0 Å². The Labute approximate surface area is 130 Å². The minimum atomic E-state index is -3.45. The van der Waals surface area contributed by atoms with Crippen LogP contribution < -0.4 is 4.72 Å². The van der Waals surface area contributed by atoms with E-state index in [0.29, 0.717) is 11.4 Å². The third-order valence-corrected chi connectivity index (χ3v) is 5.52. The quantitative estimate of drug-likeness (QED) is 0.915. The predicted molar refractivity (Wildman–Crippen MR) is 83.7 cm³/mol. The van der Waals surface area contributed by atoms with Gasteiger partial charge in [0.05, 0.1) is 10.6 Å². The lowest BCUT2D eigenvalue weighted by Crippen LogP contribution is -2.41. The van der Waals surface area contributed by atoms with Crippen molar-refractivity contribution in [3.8, 4) is 0 Å². The van der Waals surface area contributed by atoms with Gasteiger partial charge in [0.1, 0.15) is 0 Å². The first kappa shape index (κ1) is 15.2. The fourth-order valence-electron chi connectivity index (χ4n) is 2.72. The summed E-state index contributed by atoms with van der Waals surface area (Å²) in [6, 6.07) is 10.6. The van der Waals surface area contributed by atoms with E-state index in [9.17, 15) is 8.42 Å². The molecule has 0 saturated heterocycles. The van der Waals surface area contributed by atoms with Crippen molar-refractivity contribution in [2.24, 2.45) is 0 Å². The van der Waals surface area contributed by atoms with Crippen LogP contribution in [0.2, 0.25) is 0 Å². The van der Waals surface area contributed by atoms with Crippen LogP contribution in [-0.4, -0.2) is 42.7 Å². The van der Waals surface area contributed by atoms with Crippen molar-refractivity contribution in [2.75, 3.05) is 13.6 Å². The van der Waals surface area contributed by atoms with E-state index < -0.39 is 10.0 Å². The zero-order chi connectivity index (χ0) is 15.6. The van der Waals surface area contributed by atoms with Crippen LogP contribution in [0.1, 0.15) is 12.1 Å². The Morgan fingerprint density at radius 1 is 1.27 bits per heavy atom. The van der Waals surface area contributed by atoms with E-state index in [1.54, 1.807) is 30.3 Å². The molecule has 0 unspecified atom stereocenters. The maximum Gasteiger partial charge on any atom is 0.240 e. The maximum absolute atomic E-state index is 12.3. The van der Waals surface area contributed by atoms with Crippen LogP contribution in [0.3, 0.4) is 0 Å². The maximum atomic E-state index is 12.3. The van der Waals surface area contributed by atoms with Gasteiger partial charge in [0, 0.05) is 31.9 Å². The number of nitrogens with one attached hydrogen (secondary N) is 1. The van der Waals surface area contributed by atoms with Gasteiger partial charge in [-0.1, -0.05) is 18.2 Å². The molecule has 0 aliphatic carbocycles. The van der Waals surface area contributed by atoms with Gasteiger partial charge in [0.25, 0.3) is 0 Å². The minimum Gasteiger partial charge on any atom is -0.296 e. The van der Waals surface area contributed by atoms with Crippen molar-refractivity contribution in [2.45, 2.75) is 30.4 Å². The van der Waals surface area contributed by atoms with E-state index >= 15 is 0 Å². The molecule has 1 N–H and O–H groups in total. The Hall–Kier alpha value is -1.70. The van der Waals surface area contributed by atoms with Crippen molar-refractivity contribution in [3.05, 3.63) is 48.3 Å². The van der Waals surface area contributed by atoms with Crippen molar-refractivity contribution < 1.29 is 8.42 Å². The summed E-state index contributed by atoms with van der Waals surface area (Å²) in [5, 5.41) is 4.29. The molecule has 1 aliphatic heterocycles. The SMILES string of the molecule is CN1Cc2ccnn2CC[C@@H]1CNS(=O)(=O)c1ccccc1. The lowest BCUT2D eigenvalue weighted by Gasteiger charge is -2.25. The second-order valence-electron chi connectivity index (χ2n) is 5.57. The van der Waals surface area contributed by atoms with Gasteiger partial charge < -0.3 is 0 Å². The molecule has 1 aromatic carbocycles. The Balaban J connectivity index is 1.65. The first-order chi connectivity index (χ1) is 10.6. The molecule has 1 aromatic heterocycles. The topological polar surface area (TPSA) is 67.2 Å². The van der Waals surface area contributed by atoms with Crippen molar-refractivity contribution >= 4 is 10.0 Å². The molecule has 2 aromatic rings. The van der Waals surface area contributed by atoms with E-state index in [1.165, 1.54) is 0 Å². The second kappa shape index (κ2) is 6.20. The highest BCUT2D eigenvalue weighted by atomic mass is 32.2. The highest BCUT2D eigenvalue weighted by Gasteiger charge is 2.23. The summed E-state index contributed by atoms with van der Waals surface area (Å²) in [4.78, 5) is 2.48. The van der Waals surface area contributed by atoms with Crippen LogP contribution in [0.15, 0.2) is 47.5 Å². The number of sulfonamides is 1. The molecule has 1 aliphatic rings. The monoisotopic (exact) mass is 320 g/mol. The second-order valence-corrected chi connectivity index (χ2v) is 7.34. The van der Waals surface area contributed by atoms with Crippen LogP contribution in [0.5, 0.6) is 0 Å². The normalized spacial score (nSPS) is 19.6. The lowest BCUT2D eigenvalue weighted by atomic mass is 10.2. The summed E-state index contributed by atoms with van der Waals surface area (Å²) in [6.45, 7) is 1.99. The minimum absolute atomic E-state index is 0.153. The number of nitrogens with zero attached hydrogens (tertiary/aromatic N) is 3. The highest BCUT2D eigenvalue weighted by Crippen LogP contribution is 2.15. The van der Waals surface area contributed by atoms with E-state index in [2.05, 4.69) is 14.7 Å². The molecule has 1 atom stereocenters. The molecule has 6 nitrogen and oxygen atoms in total. The number of hydrogen-bond acceptors (Lipinski definition) is 4. The average molecular weight is 320 g/mol. The molecular weight excluding hydrogens is 300 g/mol. The van der Waals surface area contributed by atoms with Crippen LogP contribution in [0.4, 0.5) is 0 Å². The Bertz CT molecular complexity index is 727. The molecule has 0 fully saturated rings. The Kier molecular flexibility index (Phi) is 4.28. The Morgan fingerprint density at radius 2 is 2.05 bits per heavy atom. The molecule has 118 valence electrons. The van der Waals surface area contributed by atoms with Gasteiger partial charge in [-0.2, -0.15) is 5.10 Å². The summed E-state index contributed by atoms with van der Waals surface area (Å²) in [5.41, 5.74) is 1.16. The molecule has 0 amide bonds. The molecule has 0 spiro atoms. The number of hydrogen-bond donors (Lipinski definition) is 1. The largest absolute Gasteiger partial charge is 0.296 e. The van der Waals surface area contributed by atoms with Gasteiger partial charge in [-0.05, 0) is 31.7 Å². The summed E-state index contributed by atoms with van der Waals surface area (Å²) in [6.07, 6.45) is 2.67. The third-order valence-electron chi connectivity index (χ3n) is 4.08. The van der Waals surface area contributed by atoms with Gasteiger partial charge in [-0.3, -0.25) is 9.58 Å². The number of aromatic nitrogens is 2. The molecule has 0 bridgehead atoms. The van der Waals surface area contributed by atoms with Crippen LogP contribution in [-0.2, 0) is 23.1 Å².